The number of anilines is 4. The number of rotatable bonds is 9. The largest absolute Gasteiger partial charge is 0.494 e. The number of esters is 1. The van der Waals surface area contributed by atoms with E-state index in [1.807, 2.05) is 69.3 Å². The number of aryl methyl sites for hydroxylation is 1. The Labute approximate surface area is 216 Å². The lowest BCUT2D eigenvalue weighted by molar-refractivity contribution is 0.0602. The van der Waals surface area contributed by atoms with Crippen molar-refractivity contribution in [1.29, 1.82) is 0 Å². The molecule has 0 aliphatic carbocycles. The molecule has 37 heavy (non-hydrogen) atoms. The van der Waals surface area contributed by atoms with E-state index in [1.54, 1.807) is 19.4 Å². The Bertz CT molecular complexity index is 1430. The predicted molar refractivity (Wildman–Crippen MR) is 148 cm³/mol. The van der Waals surface area contributed by atoms with Crippen LogP contribution in [-0.4, -0.2) is 73.9 Å². The van der Waals surface area contributed by atoms with Gasteiger partial charge in [0, 0.05) is 56.6 Å². The van der Waals surface area contributed by atoms with Crippen LogP contribution in [0.4, 0.5) is 23.0 Å². The minimum Gasteiger partial charge on any atom is -0.494 e. The molecule has 0 spiro atoms. The molecule has 2 aromatic carbocycles. The van der Waals surface area contributed by atoms with Crippen molar-refractivity contribution >= 4 is 39.9 Å². The van der Waals surface area contributed by atoms with Crippen LogP contribution in [-0.2, 0) is 11.8 Å². The summed E-state index contributed by atoms with van der Waals surface area (Å²) in [6.07, 6.45) is 3.63. The van der Waals surface area contributed by atoms with Crippen molar-refractivity contribution in [2.45, 2.75) is 0 Å². The van der Waals surface area contributed by atoms with Crippen LogP contribution in [0.1, 0.15) is 10.4 Å². The van der Waals surface area contributed by atoms with Gasteiger partial charge in [0.25, 0.3) is 0 Å². The fraction of sp³-hybridized carbons (Fsp3) is 0.296. The van der Waals surface area contributed by atoms with Crippen LogP contribution in [0.15, 0.2) is 48.8 Å². The number of hydrogen-bond acceptors (Lipinski definition) is 9. The Hall–Kier alpha value is -4.31. The van der Waals surface area contributed by atoms with Crippen molar-refractivity contribution in [1.82, 2.24) is 19.4 Å². The third-order valence-corrected chi connectivity index (χ3v) is 6.23. The molecule has 10 nitrogen and oxygen atoms in total. The average molecular weight is 504 g/mol. The topological polar surface area (TPSA) is 111 Å². The Morgan fingerprint density at radius 1 is 1.14 bits per heavy atom. The smallest absolute Gasteiger partial charge is 0.340 e. The van der Waals surface area contributed by atoms with Crippen LogP contribution in [0.25, 0.3) is 22.2 Å². The minimum absolute atomic E-state index is 0.385. The maximum Gasteiger partial charge on any atom is 0.340 e. The molecule has 2 aromatic heterocycles. The molecule has 4 rings (SSSR count). The summed E-state index contributed by atoms with van der Waals surface area (Å²) in [6.45, 7) is 1.72. The van der Waals surface area contributed by atoms with Crippen molar-refractivity contribution < 1.29 is 14.3 Å². The maximum atomic E-state index is 12.3. The summed E-state index contributed by atoms with van der Waals surface area (Å²) < 4.78 is 12.5. The minimum atomic E-state index is -0.385. The molecule has 0 fully saturated rings. The van der Waals surface area contributed by atoms with Crippen LogP contribution in [0.5, 0.6) is 5.75 Å². The van der Waals surface area contributed by atoms with Gasteiger partial charge in [-0.25, -0.2) is 14.8 Å². The number of hydrogen-bond donors (Lipinski definition) is 2. The molecule has 0 aliphatic heterocycles. The number of ether oxygens (including phenoxy) is 2. The van der Waals surface area contributed by atoms with Gasteiger partial charge in [-0.1, -0.05) is 12.1 Å². The second kappa shape index (κ2) is 10.8. The summed E-state index contributed by atoms with van der Waals surface area (Å²) >= 11 is 0. The van der Waals surface area contributed by atoms with Gasteiger partial charge < -0.3 is 34.9 Å². The molecule has 4 aromatic rings. The molecule has 3 N–H and O–H groups in total. The Morgan fingerprint density at radius 2 is 1.92 bits per heavy atom. The number of carbonyl (C=O) groups excluding carboxylic acids is 1. The van der Waals surface area contributed by atoms with E-state index in [1.165, 1.54) is 7.11 Å². The van der Waals surface area contributed by atoms with Gasteiger partial charge in [0.2, 0.25) is 5.95 Å². The van der Waals surface area contributed by atoms with Crippen LogP contribution in [0.3, 0.4) is 0 Å². The number of nitrogens with zero attached hydrogens (tertiary/aromatic N) is 5. The molecule has 0 aliphatic rings. The molecule has 0 saturated carbocycles. The number of para-hydroxylation sites is 1. The van der Waals surface area contributed by atoms with E-state index in [2.05, 4.69) is 20.1 Å². The second-order valence-electron chi connectivity index (χ2n) is 9.07. The molecule has 10 heteroatoms. The molecule has 0 atom stereocenters. The number of benzene rings is 2. The molecule has 0 bridgehead atoms. The number of methoxy groups -OCH3 is 2. The van der Waals surface area contributed by atoms with Crippen LogP contribution in [0, 0.1) is 0 Å². The summed E-state index contributed by atoms with van der Waals surface area (Å²) in [7, 11) is 11.0. The van der Waals surface area contributed by atoms with Crippen LogP contribution < -0.4 is 20.7 Å². The van der Waals surface area contributed by atoms with Gasteiger partial charge in [0.05, 0.1) is 48.1 Å². The van der Waals surface area contributed by atoms with Crippen molar-refractivity contribution in [2.75, 3.05) is 64.4 Å². The lowest BCUT2D eigenvalue weighted by Gasteiger charge is -2.24. The SMILES string of the molecule is COC(=O)c1cccc2c(-c3ccnc(Nc4cc(N)c(N(C)CCN(C)C)cc4OC)n3)cn(C)c12. The normalized spacial score (nSPS) is 11.1. The Morgan fingerprint density at radius 3 is 2.62 bits per heavy atom. The van der Waals surface area contributed by atoms with Crippen molar-refractivity contribution in [3.8, 4) is 17.0 Å². The first-order chi connectivity index (χ1) is 17.7. The average Bonchev–Trinajstić information content (AvgIpc) is 3.23. The quantitative estimate of drug-likeness (QED) is 0.261. The molecule has 0 unspecified atom stereocenters. The number of aromatic nitrogens is 3. The van der Waals surface area contributed by atoms with E-state index in [0.29, 0.717) is 34.3 Å². The van der Waals surface area contributed by atoms with Crippen molar-refractivity contribution in [3.63, 3.8) is 0 Å². The molecule has 194 valence electrons. The Kier molecular flexibility index (Phi) is 7.49. The molecular formula is C27H33N7O3. The van der Waals surface area contributed by atoms with Crippen molar-refractivity contribution in [3.05, 3.63) is 54.4 Å². The lowest BCUT2D eigenvalue weighted by atomic mass is 10.1. The standard InChI is InChI=1S/C27H33N7O3/c1-32(2)12-13-33(3)23-15-24(36-5)22(14-20(23)28)31-27-29-11-10-21(30-27)19-16-34(4)25-17(19)8-7-9-18(25)26(35)37-6/h7-11,14-16H,12-13,28H2,1-6H3,(H,29,30,31). The zero-order valence-corrected chi connectivity index (χ0v) is 22.1. The van der Waals surface area contributed by atoms with Gasteiger partial charge in [0.1, 0.15) is 5.75 Å². The van der Waals surface area contributed by atoms with E-state index < -0.39 is 0 Å². The number of fused-ring (bicyclic) bond motifs is 1. The third kappa shape index (κ3) is 5.29. The van der Waals surface area contributed by atoms with Gasteiger partial charge in [-0.2, -0.15) is 0 Å². The van der Waals surface area contributed by atoms with E-state index in [9.17, 15) is 4.79 Å². The van der Waals surface area contributed by atoms with E-state index >= 15 is 0 Å². The number of likely N-dealkylation sites (N-methyl/N-ethyl adjacent to an activating group) is 2. The lowest BCUT2D eigenvalue weighted by Crippen LogP contribution is -2.29. The first-order valence-electron chi connectivity index (χ1n) is 11.8. The fourth-order valence-electron chi connectivity index (χ4n) is 4.29. The molecule has 2 heterocycles. The summed E-state index contributed by atoms with van der Waals surface area (Å²) in [6, 6.07) is 11.1. The predicted octanol–water partition coefficient (Wildman–Crippen LogP) is 3.75. The monoisotopic (exact) mass is 503 g/mol. The maximum absolute atomic E-state index is 12.3. The van der Waals surface area contributed by atoms with Crippen LogP contribution in [0.2, 0.25) is 0 Å². The van der Waals surface area contributed by atoms with Crippen molar-refractivity contribution in [2.24, 2.45) is 7.05 Å². The first kappa shape index (κ1) is 25.8. The highest BCUT2D eigenvalue weighted by Crippen LogP contribution is 2.37. The van der Waals surface area contributed by atoms with Gasteiger partial charge in [-0.05, 0) is 32.3 Å². The zero-order chi connectivity index (χ0) is 26.7. The van der Waals surface area contributed by atoms with E-state index in [0.717, 1.165) is 35.2 Å². The number of nitrogens with two attached hydrogens (primary N) is 1. The Balaban J connectivity index is 1.67. The first-order valence-corrected chi connectivity index (χ1v) is 11.8. The highest BCUT2D eigenvalue weighted by atomic mass is 16.5. The number of nitrogen functional groups attached to an aromatic ring is 1. The highest BCUT2D eigenvalue weighted by Gasteiger charge is 2.18. The molecular weight excluding hydrogens is 470 g/mol. The fourth-order valence-corrected chi connectivity index (χ4v) is 4.29. The number of carbonyl (C=O) groups is 1. The molecule has 0 radical (unpaired) electrons. The summed E-state index contributed by atoms with van der Waals surface area (Å²) in [5.74, 6) is 0.636. The molecule has 0 saturated heterocycles. The van der Waals surface area contributed by atoms with Gasteiger partial charge >= 0.3 is 5.97 Å². The summed E-state index contributed by atoms with van der Waals surface area (Å²) in [5.41, 5.74) is 11.4. The van der Waals surface area contributed by atoms with Gasteiger partial charge in [-0.3, -0.25) is 0 Å². The second-order valence-corrected chi connectivity index (χ2v) is 9.07. The summed E-state index contributed by atoms with van der Waals surface area (Å²) in [4.78, 5) is 25.7. The number of nitrogens with one attached hydrogen (secondary N) is 1. The zero-order valence-electron chi connectivity index (χ0n) is 22.1. The summed E-state index contributed by atoms with van der Waals surface area (Å²) in [5, 5.41) is 4.14. The van der Waals surface area contributed by atoms with Gasteiger partial charge in [0.15, 0.2) is 0 Å². The molecule has 0 amide bonds. The highest BCUT2D eigenvalue weighted by molar-refractivity contribution is 6.07. The van der Waals surface area contributed by atoms with Crippen LogP contribution >= 0.6 is 0 Å². The third-order valence-electron chi connectivity index (χ3n) is 6.23. The van der Waals surface area contributed by atoms with E-state index in [-0.39, 0.29) is 5.97 Å². The van der Waals surface area contributed by atoms with E-state index in [4.69, 9.17) is 20.2 Å². The van der Waals surface area contributed by atoms with Gasteiger partial charge in [-0.15, -0.1) is 0 Å².